The molecule has 0 heterocycles. The number of aromatic carboxylic acids is 1. The molecule has 0 amide bonds. The van der Waals surface area contributed by atoms with Gasteiger partial charge in [0.15, 0.2) is 0 Å². The summed E-state index contributed by atoms with van der Waals surface area (Å²) in [7, 11) is 0. The van der Waals surface area contributed by atoms with Crippen molar-refractivity contribution in [3.63, 3.8) is 0 Å². The molecule has 0 aliphatic heterocycles. The van der Waals surface area contributed by atoms with E-state index < -0.39 is 5.97 Å². The number of aryl methyl sites for hydroxylation is 1. The molecule has 2 rings (SSSR count). The Labute approximate surface area is 106 Å². The Balaban J connectivity index is 2.13. The number of hydrogen-bond acceptors (Lipinski definition) is 2. The highest BCUT2D eigenvalue weighted by Gasteiger charge is 2.09. The summed E-state index contributed by atoms with van der Waals surface area (Å²) in [5.41, 5.74) is 2.36. The molecule has 0 aliphatic rings. The van der Waals surface area contributed by atoms with Crippen molar-refractivity contribution in [3.05, 3.63) is 65.2 Å². The summed E-state index contributed by atoms with van der Waals surface area (Å²) in [6, 6.07) is 14.6. The number of carboxylic acids is 1. The Kier molecular flexibility index (Phi) is 3.63. The summed E-state index contributed by atoms with van der Waals surface area (Å²) in [5, 5.41) is 9.03. The van der Waals surface area contributed by atoms with Crippen LogP contribution in [0.4, 0.5) is 0 Å². The van der Waals surface area contributed by atoms with Gasteiger partial charge in [-0.15, -0.1) is 0 Å². The first kappa shape index (κ1) is 12.2. The number of carboxylic acid groups (broad SMARTS) is 1. The second kappa shape index (κ2) is 5.36. The molecule has 0 saturated heterocycles. The van der Waals surface area contributed by atoms with Gasteiger partial charge in [0.1, 0.15) is 17.9 Å². The van der Waals surface area contributed by atoms with E-state index in [9.17, 15) is 4.79 Å². The lowest BCUT2D eigenvalue weighted by Crippen LogP contribution is -2.03. The number of carbonyl (C=O) groups is 1. The highest BCUT2D eigenvalue weighted by molar-refractivity contribution is 5.90. The predicted molar refractivity (Wildman–Crippen MR) is 68.9 cm³/mol. The quantitative estimate of drug-likeness (QED) is 0.895. The summed E-state index contributed by atoms with van der Waals surface area (Å²) in [5.74, 6) is -0.582. The molecule has 2 aromatic carbocycles. The normalized spacial score (nSPS) is 10.1. The molecule has 0 unspecified atom stereocenters. The first-order valence-corrected chi connectivity index (χ1v) is 5.67. The molecule has 0 spiro atoms. The van der Waals surface area contributed by atoms with Gasteiger partial charge >= 0.3 is 5.97 Å². The summed E-state index contributed by atoms with van der Waals surface area (Å²) in [6.07, 6.45) is 0. The maximum absolute atomic E-state index is 11.0. The van der Waals surface area contributed by atoms with E-state index in [1.54, 1.807) is 18.2 Å². The fourth-order valence-corrected chi connectivity index (χ4v) is 1.73. The molecule has 92 valence electrons. The molecule has 0 aliphatic carbocycles. The van der Waals surface area contributed by atoms with Gasteiger partial charge in [0.2, 0.25) is 0 Å². The Hall–Kier alpha value is -2.29. The van der Waals surface area contributed by atoms with Crippen LogP contribution >= 0.6 is 0 Å². The van der Waals surface area contributed by atoms with Crippen LogP contribution in [0.25, 0.3) is 0 Å². The first-order chi connectivity index (χ1) is 8.66. The molecule has 0 radical (unpaired) electrons. The topological polar surface area (TPSA) is 46.5 Å². The fourth-order valence-electron chi connectivity index (χ4n) is 1.73. The standard InChI is InChI=1S/C15H14O3/c1-11-5-4-6-12(9-11)10-18-14-8-3-2-7-13(14)15(16)17/h2-9H,10H2,1H3,(H,16,17). The van der Waals surface area contributed by atoms with Gasteiger partial charge in [-0.3, -0.25) is 0 Å². The van der Waals surface area contributed by atoms with Gasteiger partial charge in [-0.2, -0.15) is 0 Å². The summed E-state index contributed by atoms with van der Waals surface area (Å²) in [6.45, 7) is 2.38. The average molecular weight is 242 g/mol. The summed E-state index contributed by atoms with van der Waals surface area (Å²) < 4.78 is 5.56. The third-order valence-electron chi connectivity index (χ3n) is 2.59. The van der Waals surface area contributed by atoms with Crippen molar-refractivity contribution >= 4 is 5.97 Å². The Bertz CT molecular complexity index is 561. The van der Waals surface area contributed by atoms with Crippen LogP contribution < -0.4 is 4.74 Å². The molecule has 3 nitrogen and oxygen atoms in total. The number of para-hydroxylation sites is 1. The van der Waals surface area contributed by atoms with Gasteiger partial charge in [-0.1, -0.05) is 42.0 Å². The van der Waals surface area contributed by atoms with Gasteiger partial charge in [-0.25, -0.2) is 4.79 Å². The first-order valence-electron chi connectivity index (χ1n) is 5.67. The summed E-state index contributed by atoms with van der Waals surface area (Å²) >= 11 is 0. The molecule has 18 heavy (non-hydrogen) atoms. The molecule has 0 saturated carbocycles. The Morgan fingerprint density at radius 1 is 1.17 bits per heavy atom. The highest BCUT2D eigenvalue weighted by atomic mass is 16.5. The van der Waals surface area contributed by atoms with E-state index in [-0.39, 0.29) is 5.56 Å². The smallest absolute Gasteiger partial charge is 0.339 e. The highest BCUT2D eigenvalue weighted by Crippen LogP contribution is 2.19. The Morgan fingerprint density at radius 3 is 2.67 bits per heavy atom. The van der Waals surface area contributed by atoms with E-state index in [1.165, 1.54) is 6.07 Å². The van der Waals surface area contributed by atoms with Crippen LogP contribution in [0, 0.1) is 6.92 Å². The minimum Gasteiger partial charge on any atom is -0.488 e. The van der Waals surface area contributed by atoms with Crippen LogP contribution in [0.15, 0.2) is 48.5 Å². The maximum atomic E-state index is 11.0. The zero-order valence-electron chi connectivity index (χ0n) is 10.1. The van der Waals surface area contributed by atoms with Crippen LogP contribution in [0.2, 0.25) is 0 Å². The molecule has 2 aromatic rings. The fraction of sp³-hybridized carbons (Fsp3) is 0.133. The third kappa shape index (κ3) is 2.88. The number of rotatable bonds is 4. The molecular weight excluding hydrogens is 228 g/mol. The van der Waals surface area contributed by atoms with E-state index in [2.05, 4.69) is 0 Å². The van der Waals surface area contributed by atoms with Crippen LogP contribution in [0.1, 0.15) is 21.5 Å². The van der Waals surface area contributed by atoms with Gasteiger partial charge in [0.05, 0.1) is 0 Å². The van der Waals surface area contributed by atoms with E-state index in [1.807, 2.05) is 31.2 Å². The van der Waals surface area contributed by atoms with Crippen molar-refractivity contribution in [2.75, 3.05) is 0 Å². The Morgan fingerprint density at radius 2 is 1.94 bits per heavy atom. The lowest BCUT2D eigenvalue weighted by atomic mass is 10.1. The molecular formula is C15H14O3. The van der Waals surface area contributed by atoms with E-state index in [0.29, 0.717) is 12.4 Å². The van der Waals surface area contributed by atoms with E-state index >= 15 is 0 Å². The van der Waals surface area contributed by atoms with Crippen LogP contribution in [-0.4, -0.2) is 11.1 Å². The minimum absolute atomic E-state index is 0.185. The molecule has 1 N–H and O–H groups in total. The van der Waals surface area contributed by atoms with Crippen molar-refractivity contribution in [2.24, 2.45) is 0 Å². The number of benzene rings is 2. The van der Waals surface area contributed by atoms with Gasteiger partial charge in [0, 0.05) is 0 Å². The summed E-state index contributed by atoms with van der Waals surface area (Å²) in [4.78, 5) is 11.0. The van der Waals surface area contributed by atoms with Crippen LogP contribution in [-0.2, 0) is 6.61 Å². The zero-order chi connectivity index (χ0) is 13.0. The van der Waals surface area contributed by atoms with Crippen LogP contribution in [0.3, 0.4) is 0 Å². The van der Waals surface area contributed by atoms with Crippen LogP contribution in [0.5, 0.6) is 5.75 Å². The van der Waals surface area contributed by atoms with Crippen molar-refractivity contribution in [2.45, 2.75) is 13.5 Å². The van der Waals surface area contributed by atoms with Crippen molar-refractivity contribution < 1.29 is 14.6 Å². The molecule has 0 bridgehead atoms. The van der Waals surface area contributed by atoms with Gasteiger partial charge in [0.25, 0.3) is 0 Å². The molecule has 0 aromatic heterocycles. The maximum Gasteiger partial charge on any atom is 0.339 e. The predicted octanol–water partition coefficient (Wildman–Crippen LogP) is 3.27. The van der Waals surface area contributed by atoms with Gasteiger partial charge < -0.3 is 9.84 Å². The van der Waals surface area contributed by atoms with E-state index in [0.717, 1.165) is 11.1 Å². The van der Waals surface area contributed by atoms with Crippen molar-refractivity contribution in [3.8, 4) is 5.75 Å². The molecule has 3 heteroatoms. The second-order valence-electron chi connectivity index (χ2n) is 4.08. The lowest BCUT2D eigenvalue weighted by molar-refractivity contribution is 0.0692. The monoisotopic (exact) mass is 242 g/mol. The lowest BCUT2D eigenvalue weighted by Gasteiger charge is -2.09. The molecule has 0 fully saturated rings. The largest absolute Gasteiger partial charge is 0.488 e. The third-order valence-corrected chi connectivity index (χ3v) is 2.59. The number of hydrogen-bond donors (Lipinski definition) is 1. The zero-order valence-corrected chi connectivity index (χ0v) is 10.1. The second-order valence-corrected chi connectivity index (χ2v) is 4.08. The van der Waals surface area contributed by atoms with E-state index in [4.69, 9.17) is 9.84 Å². The van der Waals surface area contributed by atoms with Crippen molar-refractivity contribution in [1.29, 1.82) is 0 Å². The van der Waals surface area contributed by atoms with Crippen molar-refractivity contribution in [1.82, 2.24) is 0 Å². The van der Waals surface area contributed by atoms with Gasteiger partial charge in [-0.05, 0) is 24.6 Å². The SMILES string of the molecule is Cc1cccc(COc2ccccc2C(=O)O)c1. The number of ether oxygens (including phenoxy) is 1. The minimum atomic E-state index is -0.977. The molecule has 0 atom stereocenters. The average Bonchev–Trinajstić information content (AvgIpc) is 2.37.